The molecule has 0 radical (unpaired) electrons. The van der Waals surface area contributed by atoms with Gasteiger partial charge in [-0.15, -0.1) is 0 Å². The molecule has 0 aliphatic carbocycles. The largest absolute Gasteiger partial charge is 0.496 e. The minimum atomic E-state index is 0.138. The lowest BCUT2D eigenvalue weighted by molar-refractivity contribution is 0.0604. The Morgan fingerprint density at radius 3 is 2.79 bits per heavy atom. The van der Waals surface area contributed by atoms with Crippen molar-refractivity contribution >= 4 is 0 Å². The maximum atomic E-state index is 5.75. The molecule has 1 atom stereocenters. The van der Waals surface area contributed by atoms with E-state index < -0.39 is 0 Å². The standard InChI is InChI=1S/C15H24N2O2/c1-11-3-4-13(15(9-11)18-2)14(17-16)10-12-5-7-19-8-6-12/h3-4,9,12,14,17H,5-8,10,16H2,1-2H3. The lowest BCUT2D eigenvalue weighted by Crippen LogP contribution is -2.31. The molecule has 4 nitrogen and oxygen atoms in total. The zero-order valence-electron chi connectivity index (χ0n) is 11.8. The zero-order chi connectivity index (χ0) is 13.7. The van der Waals surface area contributed by atoms with Crippen molar-refractivity contribution in [1.29, 1.82) is 0 Å². The number of aryl methyl sites for hydroxylation is 1. The smallest absolute Gasteiger partial charge is 0.123 e. The first-order valence-corrected chi connectivity index (χ1v) is 6.93. The van der Waals surface area contributed by atoms with E-state index in [-0.39, 0.29) is 6.04 Å². The van der Waals surface area contributed by atoms with Crippen LogP contribution in [0.1, 0.15) is 36.4 Å². The third-order valence-corrected chi connectivity index (χ3v) is 3.88. The highest BCUT2D eigenvalue weighted by Crippen LogP contribution is 2.32. The maximum Gasteiger partial charge on any atom is 0.123 e. The highest BCUT2D eigenvalue weighted by Gasteiger charge is 2.22. The second kappa shape index (κ2) is 6.89. The van der Waals surface area contributed by atoms with Crippen LogP contribution in [0.25, 0.3) is 0 Å². The van der Waals surface area contributed by atoms with Crippen molar-refractivity contribution in [2.75, 3.05) is 20.3 Å². The van der Waals surface area contributed by atoms with Crippen LogP contribution in [-0.2, 0) is 4.74 Å². The molecule has 0 aromatic heterocycles. The SMILES string of the molecule is COc1cc(C)ccc1C(CC1CCOCC1)NN. The summed E-state index contributed by atoms with van der Waals surface area (Å²) in [4.78, 5) is 0. The molecule has 0 bridgehead atoms. The summed E-state index contributed by atoms with van der Waals surface area (Å²) in [6.07, 6.45) is 3.26. The topological polar surface area (TPSA) is 56.5 Å². The van der Waals surface area contributed by atoms with Gasteiger partial charge in [-0.1, -0.05) is 12.1 Å². The molecule has 4 heteroatoms. The second-order valence-corrected chi connectivity index (χ2v) is 5.26. The molecule has 1 unspecified atom stereocenters. The van der Waals surface area contributed by atoms with E-state index in [2.05, 4.69) is 30.5 Å². The van der Waals surface area contributed by atoms with E-state index in [1.165, 1.54) is 5.56 Å². The van der Waals surface area contributed by atoms with Crippen LogP contribution in [0.3, 0.4) is 0 Å². The number of nitrogens with two attached hydrogens (primary N) is 1. The fourth-order valence-corrected chi connectivity index (χ4v) is 2.71. The number of methoxy groups -OCH3 is 1. The normalized spacial score (nSPS) is 18.3. The van der Waals surface area contributed by atoms with Crippen molar-refractivity contribution in [3.8, 4) is 5.75 Å². The van der Waals surface area contributed by atoms with Crippen LogP contribution in [-0.4, -0.2) is 20.3 Å². The predicted octanol–water partition coefficient (Wildman–Crippen LogP) is 2.32. The van der Waals surface area contributed by atoms with Gasteiger partial charge in [-0.2, -0.15) is 0 Å². The van der Waals surface area contributed by atoms with Crippen LogP contribution in [0, 0.1) is 12.8 Å². The molecule has 2 rings (SSSR count). The third kappa shape index (κ3) is 3.69. The van der Waals surface area contributed by atoms with Gasteiger partial charge in [0, 0.05) is 24.8 Å². The molecule has 1 heterocycles. The molecule has 19 heavy (non-hydrogen) atoms. The molecule has 1 aromatic carbocycles. The van der Waals surface area contributed by atoms with Gasteiger partial charge in [0.05, 0.1) is 7.11 Å². The van der Waals surface area contributed by atoms with E-state index in [0.717, 1.165) is 43.8 Å². The molecule has 0 saturated carbocycles. The Morgan fingerprint density at radius 2 is 2.16 bits per heavy atom. The molecule has 1 aliphatic rings. The number of hydrogen-bond acceptors (Lipinski definition) is 4. The van der Waals surface area contributed by atoms with E-state index in [1.807, 2.05) is 0 Å². The van der Waals surface area contributed by atoms with E-state index in [9.17, 15) is 0 Å². The quantitative estimate of drug-likeness (QED) is 0.633. The molecule has 3 N–H and O–H groups in total. The van der Waals surface area contributed by atoms with Gasteiger partial charge in [-0.05, 0) is 43.7 Å². The summed E-state index contributed by atoms with van der Waals surface area (Å²) in [7, 11) is 1.71. The summed E-state index contributed by atoms with van der Waals surface area (Å²) in [5.74, 6) is 7.33. The van der Waals surface area contributed by atoms with Gasteiger partial charge < -0.3 is 9.47 Å². The van der Waals surface area contributed by atoms with Crippen molar-refractivity contribution in [3.05, 3.63) is 29.3 Å². The lowest BCUT2D eigenvalue weighted by Gasteiger charge is -2.27. The van der Waals surface area contributed by atoms with Crippen LogP contribution >= 0.6 is 0 Å². The van der Waals surface area contributed by atoms with E-state index in [4.69, 9.17) is 15.3 Å². The van der Waals surface area contributed by atoms with Crippen molar-refractivity contribution in [2.45, 2.75) is 32.2 Å². The molecule has 1 fully saturated rings. The number of rotatable bonds is 5. The maximum absolute atomic E-state index is 5.75. The van der Waals surface area contributed by atoms with Gasteiger partial charge in [0.2, 0.25) is 0 Å². The van der Waals surface area contributed by atoms with E-state index >= 15 is 0 Å². The minimum absolute atomic E-state index is 0.138. The first-order chi connectivity index (χ1) is 9.24. The highest BCUT2D eigenvalue weighted by atomic mass is 16.5. The van der Waals surface area contributed by atoms with Crippen molar-refractivity contribution < 1.29 is 9.47 Å². The van der Waals surface area contributed by atoms with E-state index in [0.29, 0.717) is 5.92 Å². The average Bonchev–Trinajstić information content (AvgIpc) is 2.46. The molecule has 1 aliphatic heterocycles. The molecule has 1 aromatic rings. The molecule has 1 saturated heterocycles. The molecular weight excluding hydrogens is 240 g/mol. The van der Waals surface area contributed by atoms with Crippen molar-refractivity contribution in [3.63, 3.8) is 0 Å². The molecule has 106 valence electrons. The molecule has 0 amide bonds. The Kier molecular flexibility index (Phi) is 5.19. The van der Waals surface area contributed by atoms with Crippen molar-refractivity contribution in [2.24, 2.45) is 11.8 Å². The molecular formula is C15H24N2O2. The van der Waals surface area contributed by atoms with Crippen molar-refractivity contribution in [1.82, 2.24) is 5.43 Å². The fraction of sp³-hybridized carbons (Fsp3) is 0.600. The van der Waals surface area contributed by atoms with Crippen LogP contribution in [0.15, 0.2) is 18.2 Å². The summed E-state index contributed by atoms with van der Waals surface area (Å²) < 4.78 is 10.9. The zero-order valence-corrected chi connectivity index (χ0v) is 11.8. The summed E-state index contributed by atoms with van der Waals surface area (Å²) in [6.45, 7) is 3.80. The summed E-state index contributed by atoms with van der Waals surface area (Å²) in [5, 5.41) is 0. The highest BCUT2D eigenvalue weighted by molar-refractivity contribution is 5.39. The Hall–Kier alpha value is -1.10. The van der Waals surface area contributed by atoms with E-state index in [1.54, 1.807) is 7.11 Å². The van der Waals surface area contributed by atoms with Gasteiger partial charge in [0.1, 0.15) is 5.75 Å². The fourth-order valence-electron chi connectivity index (χ4n) is 2.71. The first kappa shape index (κ1) is 14.3. The van der Waals surface area contributed by atoms with Gasteiger partial charge in [0.25, 0.3) is 0 Å². The summed E-state index contributed by atoms with van der Waals surface area (Å²) in [6, 6.07) is 6.41. The summed E-state index contributed by atoms with van der Waals surface area (Å²) >= 11 is 0. The minimum Gasteiger partial charge on any atom is -0.496 e. The van der Waals surface area contributed by atoms with Gasteiger partial charge >= 0.3 is 0 Å². The number of nitrogens with one attached hydrogen (secondary N) is 1. The van der Waals surface area contributed by atoms with Gasteiger partial charge in [-0.3, -0.25) is 11.3 Å². The van der Waals surface area contributed by atoms with Crippen LogP contribution in [0.2, 0.25) is 0 Å². The number of ether oxygens (including phenoxy) is 2. The number of benzene rings is 1. The number of hydrogen-bond donors (Lipinski definition) is 2. The van der Waals surface area contributed by atoms with Crippen LogP contribution < -0.4 is 16.0 Å². The Morgan fingerprint density at radius 1 is 1.42 bits per heavy atom. The summed E-state index contributed by atoms with van der Waals surface area (Å²) in [5.41, 5.74) is 5.28. The average molecular weight is 264 g/mol. The molecule has 0 spiro atoms. The van der Waals surface area contributed by atoms with Gasteiger partial charge in [-0.25, -0.2) is 0 Å². The number of hydrazine groups is 1. The van der Waals surface area contributed by atoms with Crippen LogP contribution in [0.4, 0.5) is 0 Å². The van der Waals surface area contributed by atoms with Crippen LogP contribution in [0.5, 0.6) is 5.75 Å². The first-order valence-electron chi connectivity index (χ1n) is 6.93. The Bertz CT molecular complexity index is 403. The monoisotopic (exact) mass is 264 g/mol. The Balaban J connectivity index is 2.11. The van der Waals surface area contributed by atoms with Gasteiger partial charge in [0.15, 0.2) is 0 Å². The Labute approximate surface area is 115 Å². The second-order valence-electron chi connectivity index (χ2n) is 5.26. The third-order valence-electron chi connectivity index (χ3n) is 3.88. The lowest BCUT2D eigenvalue weighted by atomic mass is 9.89. The predicted molar refractivity (Wildman–Crippen MR) is 76.0 cm³/mol.